The SMILES string of the molecule is CC(C)(C)C1CCN(CCCNc2ccccc2)CC1. The van der Waals surface area contributed by atoms with Crippen molar-refractivity contribution in [3.8, 4) is 0 Å². The largest absolute Gasteiger partial charge is 0.385 e. The molecule has 0 bridgehead atoms. The highest BCUT2D eigenvalue weighted by Gasteiger charge is 2.28. The molecule has 0 spiro atoms. The van der Waals surface area contributed by atoms with Crippen LogP contribution >= 0.6 is 0 Å². The van der Waals surface area contributed by atoms with Crippen LogP contribution in [0.3, 0.4) is 0 Å². The molecule has 1 aliphatic rings. The highest BCUT2D eigenvalue weighted by Crippen LogP contribution is 2.34. The normalized spacial score (nSPS) is 18.1. The Balaban J connectivity index is 1.60. The monoisotopic (exact) mass is 274 g/mol. The zero-order valence-corrected chi connectivity index (χ0v) is 13.4. The predicted molar refractivity (Wildman–Crippen MR) is 88.2 cm³/mol. The summed E-state index contributed by atoms with van der Waals surface area (Å²) in [7, 11) is 0. The van der Waals surface area contributed by atoms with Gasteiger partial charge in [0.2, 0.25) is 0 Å². The van der Waals surface area contributed by atoms with Gasteiger partial charge in [-0.05, 0) is 62.4 Å². The second-order valence-electron chi connectivity index (χ2n) is 7.13. The van der Waals surface area contributed by atoms with Gasteiger partial charge in [-0.25, -0.2) is 0 Å². The Morgan fingerprint density at radius 1 is 1.10 bits per heavy atom. The summed E-state index contributed by atoms with van der Waals surface area (Å²) >= 11 is 0. The summed E-state index contributed by atoms with van der Waals surface area (Å²) in [6.07, 6.45) is 3.97. The van der Waals surface area contributed by atoms with Crippen LogP contribution in [0, 0.1) is 11.3 Å². The van der Waals surface area contributed by atoms with Crippen molar-refractivity contribution in [1.82, 2.24) is 4.90 Å². The molecule has 0 unspecified atom stereocenters. The molecule has 1 fully saturated rings. The maximum absolute atomic E-state index is 3.49. The van der Waals surface area contributed by atoms with Crippen LogP contribution in [0.1, 0.15) is 40.0 Å². The van der Waals surface area contributed by atoms with Gasteiger partial charge in [0.25, 0.3) is 0 Å². The highest BCUT2D eigenvalue weighted by atomic mass is 15.1. The standard InChI is InChI=1S/C18H30N2/c1-18(2,3)16-10-14-20(15-11-16)13-7-12-19-17-8-5-4-6-9-17/h4-6,8-9,16,19H,7,10-15H2,1-3H3. The molecule has 1 heterocycles. The molecule has 0 aliphatic carbocycles. The Kier molecular flexibility index (Phi) is 5.47. The molecule has 1 aromatic carbocycles. The zero-order chi connectivity index (χ0) is 14.4. The van der Waals surface area contributed by atoms with E-state index in [-0.39, 0.29) is 0 Å². The minimum atomic E-state index is 0.487. The minimum absolute atomic E-state index is 0.487. The summed E-state index contributed by atoms with van der Waals surface area (Å²) in [4.78, 5) is 2.63. The van der Waals surface area contributed by atoms with Crippen LogP contribution in [0.2, 0.25) is 0 Å². The lowest BCUT2D eigenvalue weighted by molar-refractivity contribution is 0.112. The van der Waals surface area contributed by atoms with E-state index >= 15 is 0 Å². The molecular formula is C18H30N2. The van der Waals surface area contributed by atoms with Crippen molar-refractivity contribution in [1.29, 1.82) is 0 Å². The van der Waals surface area contributed by atoms with E-state index in [1.165, 1.54) is 44.6 Å². The number of nitrogens with zero attached hydrogens (tertiary/aromatic N) is 1. The average molecular weight is 274 g/mol. The molecule has 1 N–H and O–H groups in total. The number of hydrogen-bond acceptors (Lipinski definition) is 2. The lowest BCUT2D eigenvalue weighted by Crippen LogP contribution is -2.38. The van der Waals surface area contributed by atoms with E-state index in [1.54, 1.807) is 0 Å². The quantitative estimate of drug-likeness (QED) is 0.808. The summed E-state index contributed by atoms with van der Waals surface area (Å²) in [5.74, 6) is 0.904. The molecule has 2 nitrogen and oxygen atoms in total. The first-order valence-corrected chi connectivity index (χ1v) is 8.07. The van der Waals surface area contributed by atoms with E-state index in [2.05, 4.69) is 61.3 Å². The van der Waals surface area contributed by atoms with E-state index in [0.29, 0.717) is 5.41 Å². The number of benzene rings is 1. The van der Waals surface area contributed by atoms with Gasteiger partial charge >= 0.3 is 0 Å². The molecule has 1 aromatic rings. The van der Waals surface area contributed by atoms with Crippen LogP contribution < -0.4 is 5.32 Å². The molecular weight excluding hydrogens is 244 g/mol. The minimum Gasteiger partial charge on any atom is -0.385 e. The van der Waals surface area contributed by atoms with Crippen LogP contribution in [0.5, 0.6) is 0 Å². The summed E-state index contributed by atoms with van der Waals surface area (Å²) in [5.41, 5.74) is 1.72. The smallest absolute Gasteiger partial charge is 0.0340 e. The highest BCUT2D eigenvalue weighted by molar-refractivity contribution is 5.42. The third-order valence-corrected chi connectivity index (χ3v) is 4.57. The third-order valence-electron chi connectivity index (χ3n) is 4.57. The first-order chi connectivity index (χ1) is 9.55. The van der Waals surface area contributed by atoms with E-state index in [4.69, 9.17) is 0 Å². The molecule has 1 aliphatic heterocycles. The second-order valence-corrected chi connectivity index (χ2v) is 7.13. The van der Waals surface area contributed by atoms with Crippen molar-refractivity contribution in [2.45, 2.75) is 40.0 Å². The molecule has 0 amide bonds. The number of hydrogen-bond donors (Lipinski definition) is 1. The number of para-hydroxylation sites is 1. The van der Waals surface area contributed by atoms with Crippen molar-refractivity contribution < 1.29 is 0 Å². The number of piperidine rings is 1. The maximum Gasteiger partial charge on any atom is 0.0340 e. The average Bonchev–Trinajstić information content (AvgIpc) is 2.44. The third kappa shape index (κ3) is 4.82. The molecule has 0 atom stereocenters. The Labute approximate surface area is 124 Å². The topological polar surface area (TPSA) is 15.3 Å². The first kappa shape index (κ1) is 15.4. The molecule has 2 rings (SSSR count). The van der Waals surface area contributed by atoms with Crippen LogP contribution in [0.25, 0.3) is 0 Å². The first-order valence-electron chi connectivity index (χ1n) is 8.07. The zero-order valence-electron chi connectivity index (χ0n) is 13.4. The molecule has 2 heteroatoms. The Bertz CT molecular complexity index is 372. The van der Waals surface area contributed by atoms with Crippen LogP contribution in [-0.4, -0.2) is 31.1 Å². The predicted octanol–water partition coefficient (Wildman–Crippen LogP) is 4.25. The Morgan fingerprint density at radius 3 is 2.35 bits per heavy atom. The molecule has 20 heavy (non-hydrogen) atoms. The van der Waals surface area contributed by atoms with Crippen molar-refractivity contribution in [3.63, 3.8) is 0 Å². The van der Waals surface area contributed by atoms with Gasteiger partial charge in [-0.3, -0.25) is 0 Å². The molecule has 112 valence electrons. The summed E-state index contributed by atoms with van der Waals surface area (Å²) in [6, 6.07) is 10.5. The maximum atomic E-state index is 3.49. The summed E-state index contributed by atoms with van der Waals surface area (Å²) in [6.45, 7) is 12.0. The van der Waals surface area contributed by atoms with Crippen LogP contribution in [-0.2, 0) is 0 Å². The number of rotatable bonds is 5. The Morgan fingerprint density at radius 2 is 1.75 bits per heavy atom. The Hall–Kier alpha value is -1.02. The van der Waals surface area contributed by atoms with Crippen molar-refractivity contribution >= 4 is 5.69 Å². The van der Waals surface area contributed by atoms with Gasteiger partial charge in [0.1, 0.15) is 0 Å². The lowest BCUT2D eigenvalue weighted by Gasteiger charge is -2.38. The van der Waals surface area contributed by atoms with E-state index in [9.17, 15) is 0 Å². The fourth-order valence-corrected chi connectivity index (χ4v) is 3.11. The summed E-state index contributed by atoms with van der Waals surface area (Å²) < 4.78 is 0. The van der Waals surface area contributed by atoms with Gasteiger partial charge in [0.05, 0.1) is 0 Å². The van der Waals surface area contributed by atoms with E-state index < -0.39 is 0 Å². The van der Waals surface area contributed by atoms with Gasteiger partial charge < -0.3 is 10.2 Å². The number of anilines is 1. The number of nitrogens with one attached hydrogen (secondary N) is 1. The van der Waals surface area contributed by atoms with Crippen molar-refractivity contribution in [2.24, 2.45) is 11.3 Å². The summed E-state index contributed by atoms with van der Waals surface area (Å²) in [5, 5.41) is 3.49. The van der Waals surface area contributed by atoms with E-state index in [0.717, 1.165) is 12.5 Å². The van der Waals surface area contributed by atoms with Crippen molar-refractivity contribution in [2.75, 3.05) is 31.5 Å². The van der Waals surface area contributed by atoms with Gasteiger partial charge in [0, 0.05) is 12.2 Å². The van der Waals surface area contributed by atoms with Crippen molar-refractivity contribution in [3.05, 3.63) is 30.3 Å². The lowest BCUT2D eigenvalue weighted by atomic mass is 9.75. The molecule has 0 saturated carbocycles. The van der Waals surface area contributed by atoms with Gasteiger partial charge in [-0.2, -0.15) is 0 Å². The van der Waals surface area contributed by atoms with E-state index in [1.807, 2.05) is 0 Å². The van der Waals surface area contributed by atoms with Gasteiger partial charge in [0.15, 0.2) is 0 Å². The van der Waals surface area contributed by atoms with Gasteiger partial charge in [-0.15, -0.1) is 0 Å². The fourth-order valence-electron chi connectivity index (χ4n) is 3.11. The fraction of sp³-hybridized carbons (Fsp3) is 0.667. The molecule has 0 radical (unpaired) electrons. The number of likely N-dealkylation sites (tertiary alicyclic amines) is 1. The van der Waals surface area contributed by atoms with Crippen LogP contribution in [0.4, 0.5) is 5.69 Å². The molecule has 0 aromatic heterocycles. The van der Waals surface area contributed by atoms with Crippen LogP contribution in [0.15, 0.2) is 30.3 Å². The second kappa shape index (κ2) is 7.12. The van der Waals surface area contributed by atoms with Gasteiger partial charge in [-0.1, -0.05) is 39.0 Å². The molecule has 1 saturated heterocycles.